The van der Waals surface area contributed by atoms with E-state index in [2.05, 4.69) is 21.8 Å². The molecule has 2 heterocycles. The number of nitro benzene ring substituents is 1. The molecule has 0 atom stereocenters. The number of nitro groups is 1. The molecular formula is C15H18N4O2. The maximum Gasteiger partial charge on any atom is 0.278 e. The third kappa shape index (κ3) is 2.67. The van der Waals surface area contributed by atoms with Gasteiger partial charge in [-0.3, -0.25) is 15.1 Å². The van der Waals surface area contributed by atoms with Crippen LogP contribution in [-0.2, 0) is 0 Å². The first-order valence-corrected chi connectivity index (χ1v) is 7.11. The average Bonchev–Trinajstić information content (AvgIpc) is 2.70. The molecular weight excluding hydrogens is 268 g/mol. The Morgan fingerprint density at radius 3 is 2.81 bits per heavy atom. The lowest BCUT2D eigenvalue weighted by molar-refractivity contribution is -0.383. The van der Waals surface area contributed by atoms with Crippen LogP contribution in [0.15, 0.2) is 30.6 Å². The fourth-order valence-electron chi connectivity index (χ4n) is 2.88. The summed E-state index contributed by atoms with van der Waals surface area (Å²) in [6.07, 6.45) is 4.38. The second kappa shape index (κ2) is 5.65. The number of rotatable bonds is 2. The molecule has 1 aliphatic rings. The van der Waals surface area contributed by atoms with Crippen molar-refractivity contribution in [2.75, 3.05) is 38.1 Å². The van der Waals surface area contributed by atoms with Crippen molar-refractivity contribution in [1.82, 2.24) is 9.88 Å². The van der Waals surface area contributed by atoms with E-state index in [0.29, 0.717) is 5.39 Å². The number of anilines is 1. The first-order valence-electron chi connectivity index (χ1n) is 7.11. The lowest BCUT2D eigenvalue weighted by atomic mass is 10.1. The summed E-state index contributed by atoms with van der Waals surface area (Å²) in [6, 6.07) is 5.33. The Labute approximate surface area is 123 Å². The zero-order valence-corrected chi connectivity index (χ0v) is 12.0. The molecule has 6 nitrogen and oxygen atoms in total. The maximum atomic E-state index is 11.2. The first-order chi connectivity index (χ1) is 10.2. The summed E-state index contributed by atoms with van der Waals surface area (Å²) >= 11 is 0. The average molecular weight is 286 g/mol. The van der Waals surface area contributed by atoms with Crippen LogP contribution in [0, 0.1) is 10.1 Å². The van der Waals surface area contributed by atoms with Crippen LogP contribution in [0.25, 0.3) is 10.8 Å². The van der Waals surface area contributed by atoms with Crippen molar-refractivity contribution in [2.24, 2.45) is 0 Å². The van der Waals surface area contributed by atoms with Crippen LogP contribution in [0.2, 0.25) is 0 Å². The van der Waals surface area contributed by atoms with E-state index in [-0.39, 0.29) is 10.6 Å². The van der Waals surface area contributed by atoms with Crippen LogP contribution in [0.1, 0.15) is 6.42 Å². The van der Waals surface area contributed by atoms with E-state index in [1.165, 1.54) is 0 Å². The van der Waals surface area contributed by atoms with Gasteiger partial charge in [0.05, 0.1) is 10.3 Å². The van der Waals surface area contributed by atoms with Gasteiger partial charge >= 0.3 is 0 Å². The Morgan fingerprint density at radius 1 is 1.14 bits per heavy atom. The third-order valence-corrected chi connectivity index (χ3v) is 4.03. The molecule has 0 saturated carbocycles. The van der Waals surface area contributed by atoms with Crippen molar-refractivity contribution in [3.05, 3.63) is 40.7 Å². The number of nitrogens with zero attached hydrogens (tertiary/aromatic N) is 4. The predicted octanol–water partition coefficient (Wildman–Crippen LogP) is 2.28. The molecule has 1 fully saturated rings. The van der Waals surface area contributed by atoms with E-state index >= 15 is 0 Å². The molecule has 1 saturated heterocycles. The van der Waals surface area contributed by atoms with Gasteiger partial charge in [0, 0.05) is 49.2 Å². The smallest absolute Gasteiger partial charge is 0.278 e. The summed E-state index contributed by atoms with van der Waals surface area (Å²) in [5, 5.41) is 12.7. The summed E-state index contributed by atoms with van der Waals surface area (Å²) in [5.41, 5.74) is 1.18. The fraction of sp³-hybridized carbons (Fsp3) is 0.400. The number of benzene rings is 1. The summed E-state index contributed by atoms with van der Waals surface area (Å²) in [6.45, 7) is 4.00. The van der Waals surface area contributed by atoms with Gasteiger partial charge in [0.1, 0.15) is 0 Å². The van der Waals surface area contributed by atoms with E-state index < -0.39 is 0 Å². The molecule has 110 valence electrons. The van der Waals surface area contributed by atoms with Crippen LogP contribution in [0.3, 0.4) is 0 Å². The molecule has 0 radical (unpaired) electrons. The van der Waals surface area contributed by atoms with Gasteiger partial charge in [-0.05, 0) is 32.1 Å². The highest BCUT2D eigenvalue weighted by Crippen LogP contribution is 2.33. The molecule has 0 spiro atoms. The molecule has 0 N–H and O–H groups in total. The van der Waals surface area contributed by atoms with E-state index in [0.717, 1.165) is 43.7 Å². The molecule has 1 aliphatic heterocycles. The van der Waals surface area contributed by atoms with E-state index in [9.17, 15) is 10.1 Å². The van der Waals surface area contributed by atoms with Gasteiger partial charge in [0.2, 0.25) is 0 Å². The van der Waals surface area contributed by atoms with Crippen molar-refractivity contribution in [3.8, 4) is 0 Å². The zero-order valence-electron chi connectivity index (χ0n) is 12.0. The maximum absolute atomic E-state index is 11.2. The van der Waals surface area contributed by atoms with Crippen LogP contribution in [0.4, 0.5) is 11.4 Å². The van der Waals surface area contributed by atoms with Gasteiger partial charge < -0.3 is 9.80 Å². The largest absolute Gasteiger partial charge is 0.370 e. The van der Waals surface area contributed by atoms with Gasteiger partial charge in [-0.2, -0.15) is 0 Å². The first kappa shape index (κ1) is 13.8. The number of likely N-dealkylation sites (N-methyl/N-ethyl adjacent to an activating group) is 1. The lowest BCUT2D eigenvalue weighted by Gasteiger charge is -2.24. The predicted molar refractivity (Wildman–Crippen MR) is 82.7 cm³/mol. The Kier molecular flexibility index (Phi) is 3.70. The Hall–Kier alpha value is -2.21. The number of pyridine rings is 1. The molecule has 1 aromatic carbocycles. The van der Waals surface area contributed by atoms with Crippen LogP contribution < -0.4 is 4.90 Å². The number of hydrogen-bond donors (Lipinski definition) is 0. The van der Waals surface area contributed by atoms with E-state index in [1.807, 2.05) is 12.1 Å². The highest BCUT2D eigenvalue weighted by Gasteiger charge is 2.19. The van der Waals surface area contributed by atoms with Gasteiger partial charge in [0.25, 0.3) is 5.69 Å². The molecule has 2 aromatic rings. The Bertz CT molecular complexity index is 674. The fourth-order valence-corrected chi connectivity index (χ4v) is 2.88. The molecule has 0 aliphatic carbocycles. The van der Waals surface area contributed by atoms with Crippen molar-refractivity contribution in [3.63, 3.8) is 0 Å². The minimum absolute atomic E-state index is 0.119. The van der Waals surface area contributed by atoms with Gasteiger partial charge in [-0.15, -0.1) is 0 Å². The summed E-state index contributed by atoms with van der Waals surface area (Å²) < 4.78 is 0. The molecule has 3 rings (SSSR count). The zero-order chi connectivity index (χ0) is 14.8. The molecule has 1 aromatic heterocycles. The molecule has 0 unspecified atom stereocenters. The highest BCUT2D eigenvalue weighted by molar-refractivity contribution is 5.99. The second-order valence-electron chi connectivity index (χ2n) is 5.43. The van der Waals surface area contributed by atoms with Crippen LogP contribution in [0.5, 0.6) is 0 Å². The van der Waals surface area contributed by atoms with Crippen LogP contribution >= 0.6 is 0 Å². The van der Waals surface area contributed by atoms with Gasteiger partial charge in [-0.1, -0.05) is 0 Å². The summed E-state index contributed by atoms with van der Waals surface area (Å²) in [7, 11) is 2.13. The number of non-ortho nitro benzene ring substituents is 1. The number of hydrogen-bond acceptors (Lipinski definition) is 5. The monoisotopic (exact) mass is 286 g/mol. The Morgan fingerprint density at radius 2 is 2.00 bits per heavy atom. The standard InChI is InChI=1S/C15H18N4O2/c1-17-7-2-8-18(10-9-17)14-3-4-15(19(20)21)13-11-16-6-5-12(13)14/h3-6,11H,2,7-10H2,1H3. The van der Waals surface area contributed by atoms with Gasteiger partial charge in [0.15, 0.2) is 0 Å². The number of fused-ring (bicyclic) bond motifs is 1. The van der Waals surface area contributed by atoms with Gasteiger partial charge in [-0.25, -0.2) is 0 Å². The quantitative estimate of drug-likeness (QED) is 0.626. The normalized spacial score (nSPS) is 16.9. The van der Waals surface area contributed by atoms with Crippen molar-refractivity contribution in [2.45, 2.75) is 6.42 Å². The van der Waals surface area contributed by atoms with E-state index in [4.69, 9.17) is 0 Å². The second-order valence-corrected chi connectivity index (χ2v) is 5.43. The highest BCUT2D eigenvalue weighted by atomic mass is 16.6. The molecule has 6 heteroatoms. The van der Waals surface area contributed by atoms with Crippen molar-refractivity contribution >= 4 is 22.1 Å². The molecule has 0 amide bonds. The van der Waals surface area contributed by atoms with E-state index in [1.54, 1.807) is 18.5 Å². The minimum Gasteiger partial charge on any atom is -0.370 e. The SMILES string of the molecule is CN1CCCN(c2ccc([N+](=O)[O-])c3cnccc23)CC1. The lowest BCUT2D eigenvalue weighted by Crippen LogP contribution is -2.28. The van der Waals surface area contributed by atoms with Crippen molar-refractivity contribution in [1.29, 1.82) is 0 Å². The minimum atomic E-state index is -0.343. The molecule has 0 bridgehead atoms. The third-order valence-electron chi connectivity index (χ3n) is 4.03. The Balaban J connectivity index is 2.07. The van der Waals surface area contributed by atoms with Crippen LogP contribution in [-0.4, -0.2) is 48.0 Å². The summed E-state index contributed by atoms with van der Waals surface area (Å²) in [4.78, 5) is 19.5. The summed E-state index contributed by atoms with van der Waals surface area (Å²) in [5.74, 6) is 0. The molecule has 21 heavy (non-hydrogen) atoms. The van der Waals surface area contributed by atoms with Crippen molar-refractivity contribution < 1.29 is 4.92 Å². The topological polar surface area (TPSA) is 62.5 Å². The number of aromatic nitrogens is 1.